The van der Waals surface area contributed by atoms with E-state index in [0.29, 0.717) is 0 Å². The van der Waals surface area contributed by atoms with Crippen LogP contribution in [0.25, 0.3) is 0 Å². The van der Waals surface area contributed by atoms with Gasteiger partial charge in [-0.25, -0.2) is 4.39 Å². The molecule has 0 saturated heterocycles. The van der Waals surface area contributed by atoms with Crippen LogP contribution in [0.2, 0.25) is 0 Å². The highest BCUT2D eigenvalue weighted by Crippen LogP contribution is 2.13. The number of hydrogen-bond acceptors (Lipinski definition) is 1. The molecule has 1 N–H and O–H groups in total. The molecular weight excluding hydrogens is 129 g/mol. The number of benzene rings is 1. The molecule has 0 amide bonds. The molecule has 1 aromatic carbocycles. The van der Waals surface area contributed by atoms with Crippen molar-refractivity contribution in [3.63, 3.8) is 0 Å². The first-order valence-corrected chi connectivity index (χ1v) is 3.18. The third-order valence-electron chi connectivity index (χ3n) is 1.46. The molecule has 0 heterocycles. The highest BCUT2D eigenvalue weighted by molar-refractivity contribution is 5.49. The number of hydrogen-bond donors (Lipinski definition) is 1. The molecule has 0 spiro atoms. The largest absolute Gasteiger partial charge is 0.388 e. The third-order valence-corrected chi connectivity index (χ3v) is 1.46. The zero-order chi connectivity index (χ0) is 7.56. The molecule has 0 aliphatic rings. The van der Waals surface area contributed by atoms with E-state index in [0.717, 1.165) is 11.3 Å². The van der Waals surface area contributed by atoms with Crippen molar-refractivity contribution < 1.29 is 4.39 Å². The summed E-state index contributed by atoms with van der Waals surface area (Å²) in [6, 6.07) is 4.68. The minimum Gasteiger partial charge on any atom is -0.388 e. The van der Waals surface area contributed by atoms with Gasteiger partial charge in [0.25, 0.3) is 0 Å². The summed E-state index contributed by atoms with van der Waals surface area (Å²) in [5, 5.41) is 2.96. The molecule has 1 aromatic rings. The summed E-state index contributed by atoms with van der Waals surface area (Å²) < 4.78 is 12.5. The van der Waals surface area contributed by atoms with Crippen LogP contribution in [0, 0.1) is 12.7 Å². The average molecular weight is 139 g/mol. The maximum Gasteiger partial charge on any atom is 0.123 e. The molecule has 0 unspecified atom stereocenters. The lowest BCUT2D eigenvalue weighted by atomic mass is 10.2. The van der Waals surface area contributed by atoms with Crippen LogP contribution >= 0.6 is 0 Å². The van der Waals surface area contributed by atoms with E-state index < -0.39 is 0 Å². The van der Waals surface area contributed by atoms with E-state index >= 15 is 0 Å². The van der Waals surface area contributed by atoms with Crippen LogP contribution < -0.4 is 5.32 Å². The van der Waals surface area contributed by atoms with Gasteiger partial charge in [0.1, 0.15) is 5.82 Å². The van der Waals surface area contributed by atoms with E-state index in [1.54, 1.807) is 6.07 Å². The van der Waals surface area contributed by atoms with Crippen LogP contribution in [0.15, 0.2) is 18.2 Å². The van der Waals surface area contributed by atoms with Gasteiger partial charge in [-0.15, -0.1) is 0 Å². The average Bonchev–Trinajstić information content (AvgIpc) is 1.88. The van der Waals surface area contributed by atoms with Gasteiger partial charge in [0.15, 0.2) is 0 Å². The fourth-order valence-corrected chi connectivity index (χ4v) is 0.908. The Kier molecular flexibility index (Phi) is 1.90. The maximum absolute atomic E-state index is 12.5. The van der Waals surface area contributed by atoms with Crippen LogP contribution in [0.5, 0.6) is 0 Å². The molecule has 54 valence electrons. The third kappa shape index (κ3) is 1.26. The Morgan fingerprint density at radius 1 is 1.40 bits per heavy atom. The van der Waals surface area contributed by atoms with Gasteiger partial charge in [-0.3, -0.25) is 0 Å². The van der Waals surface area contributed by atoms with Crippen LogP contribution in [0.3, 0.4) is 0 Å². The smallest absolute Gasteiger partial charge is 0.123 e. The Morgan fingerprint density at radius 2 is 2.10 bits per heavy atom. The summed E-state index contributed by atoms with van der Waals surface area (Å²) in [4.78, 5) is 0. The van der Waals surface area contributed by atoms with E-state index in [2.05, 4.69) is 5.32 Å². The summed E-state index contributed by atoms with van der Waals surface area (Å²) in [6.45, 7) is 1.87. The number of rotatable bonds is 1. The first-order chi connectivity index (χ1) is 4.74. The lowest BCUT2D eigenvalue weighted by Crippen LogP contribution is -1.91. The fourth-order valence-electron chi connectivity index (χ4n) is 0.908. The molecule has 0 bridgehead atoms. The second-order valence-corrected chi connectivity index (χ2v) is 2.21. The second kappa shape index (κ2) is 2.69. The van der Waals surface area contributed by atoms with Gasteiger partial charge in [0.05, 0.1) is 0 Å². The first kappa shape index (κ1) is 7.06. The Labute approximate surface area is 59.9 Å². The predicted molar refractivity (Wildman–Crippen MR) is 40.7 cm³/mol. The molecule has 0 saturated carbocycles. The van der Waals surface area contributed by atoms with Crippen molar-refractivity contribution >= 4 is 5.69 Å². The van der Waals surface area contributed by atoms with Crippen molar-refractivity contribution in [1.82, 2.24) is 0 Å². The van der Waals surface area contributed by atoms with E-state index in [1.807, 2.05) is 14.0 Å². The highest BCUT2D eigenvalue weighted by Gasteiger charge is 1.95. The summed E-state index contributed by atoms with van der Waals surface area (Å²) in [5.74, 6) is -0.184. The van der Waals surface area contributed by atoms with Gasteiger partial charge in [0, 0.05) is 12.7 Å². The SMILES string of the molecule is CNc1ccc(F)cc1C. The minimum atomic E-state index is -0.184. The van der Waals surface area contributed by atoms with Crippen LogP contribution in [0.1, 0.15) is 5.56 Å². The molecule has 2 heteroatoms. The monoisotopic (exact) mass is 139 g/mol. The van der Waals surface area contributed by atoms with E-state index in [-0.39, 0.29) is 5.82 Å². The summed E-state index contributed by atoms with van der Waals surface area (Å²) in [5.41, 5.74) is 1.91. The van der Waals surface area contributed by atoms with Crippen LogP contribution in [0.4, 0.5) is 10.1 Å². The zero-order valence-corrected chi connectivity index (χ0v) is 6.11. The highest BCUT2D eigenvalue weighted by atomic mass is 19.1. The van der Waals surface area contributed by atoms with E-state index in [4.69, 9.17) is 0 Å². The fraction of sp³-hybridized carbons (Fsp3) is 0.250. The number of aryl methyl sites for hydroxylation is 1. The van der Waals surface area contributed by atoms with Gasteiger partial charge < -0.3 is 5.32 Å². The number of nitrogens with one attached hydrogen (secondary N) is 1. The van der Waals surface area contributed by atoms with Crippen molar-refractivity contribution in [1.29, 1.82) is 0 Å². The second-order valence-electron chi connectivity index (χ2n) is 2.21. The molecule has 0 aliphatic carbocycles. The van der Waals surface area contributed by atoms with Crippen LogP contribution in [-0.2, 0) is 0 Å². The van der Waals surface area contributed by atoms with Crippen LogP contribution in [-0.4, -0.2) is 7.05 Å². The topological polar surface area (TPSA) is 12.0 Å². The zero-order valence-electron chi connectivity index (χ0n) is 6.11. The Bertz CT molecular complexity index is 233. The van der Waals surface area contributed by atoms with Gasteiger partial charge >= 0.3 is 0 Å². The van der Waals surface area contributed by atoms with Crippen molar-refractivity contribution in [2.24, 2.45) is 0 Å². The van der Waals surface area contributed by atoms with Gasteiger partial charge in [-0.1, -0.05) is 0 Å². The minimum absolute atomic E-state index is 0.184. The standard InChI is InChI=1S/C8H10FN/c1-6-5-7(9)3-4-8(6)10-2/h3-5,10H,1-2H3. The Balaban J connectivity index is 3.07. The maximum atomic E-state index is 12.5. The first-order valence-electron chi connectivity index (χ1n) is 3.18. The molecule has 0 aromatic heterocycles. The molecule has 0 fully saturated rings. The van der Waals surface area contributed by atoms with E-state index in [1.165, 1.54) is 12.1 Å². The van der Waals surface area contributed by atoms with Gasteiger partial charge in [0.2, 0.25) is 0 Å². The van der Waals surface area contributed by atoms with Gasteiger partial charge in [-0.2, -0.15) is 0 Å². The predicted octanol–water partition coefficient (Wildman–Crippen LogP) is 2.18. The lowest BCUT2D eigenvalue weighted by Gasteiger charge is -2.02. The Morgan fingerprint density at radius 3 is 2.60 bits per heavy atom. The van der Waals surface area contributed by atoms with E-state index in [9.17, 15) is 4.39 Å². The Hall–Kier alpha value is -1.05. The molecule has 0 atom stereocenters. The normalized spacial score (nSPS) is 9.50. The number of halogens is 1. The molecule has 1 nitrogen and oxygen atoms in total. The van der Waals surface area contributed by atoms with Gasteiger partial charge in [-0.05, 0) is 30.7 Å². The van der Waals surface area contributed by atoms with Crippen molar-refractivity contribution in [3.05, 3.63) is 29.6 Å². The molecule has 10 heavy (non-hydrogen) atoms. The van der Waals surface area contributed by atoms with Crippen molar-refractivity contribution in [3.8, 4) is 0 Å². The lowest BCUT2D eigenvalue weighted by molar-refractivity contribution is 0.627. The molecule has 0 radical (unpaired) electrons. The summed E-state index contributed by atoms with van der Waals surface area (Å²) in [7, 11) is 1.82. The molecular formula is C8H10FN. The van der Waals surface area contributed by atoms with Crippen molar-refractivity contribution in [2.45, 2.75) is 6.92 Å². The summed E-state index contributed by atoms with van der Waals surface area (Å²) >= 11 is 0. The van der Waals surface area contributed by atoms with Crippen molar-refractivity contribution in [2.75, 3.05) is 12.4 Å². The summed E-state index contributed by atoms with van der Waals surface area (Å²) in [6.07, 6.45) is 0. The molecule has 1 rings (SSSR count). The molecule has 0 aliphatic heterocycles. The quantitative estimate of drug-likeness (QED) is 0.628. The number of anilines is 1.